The number of rotatable bonds is 6. The minimum Gasteiger partial charge on any atom is -0.448 e. The summed E-state index contributed by atoms with van der Waals surface area (Å²) < 4.78 is 19.0. The van der Waals surface area contributed by atoms with Crippen LogP contribution in [0.3, 0.4) is 0 Å². The standard InChI is InChI=1S/C19H20FN3O2/c1-13-22-23-19(25-13)18(24)21-12-4-5-14-8-10-15(11-9-14)16-6-2-3-7-17(16)20/h2-3,6-11,13,22H,4-5,12H2,1H3,(H,21,24). The lowest BCUT2D eigenvalue weighted by Crippen LogP contribution is -2.32. The Morgan fingerprint density at radius 1 is 1.24 bits per heavy atom. The molecule has 0 spiro atoms. The number of amides is 1. The lowest BCUT2D eigenvalue weighted by atomic mass is 10.0. The first-order chi connectivity index (χ1) is 12.1. The zero-order valence-electron chi connectivity index (χ0n) is 14.0. The quantitative estimate of drug-likeness (QED) is 0.794. The number of hydrogen-bond donors (Lipinski definition) is 2. The van der Waals surface area contributed by atoms with Crippen LogP contribution in [0.2, 0.25) is 0 Å². The van der Waals surface area contributed by atoms with E-state index in [4.69, 9.17) is 4.74 Å². The largest absolute Gasteiger partial charge is 0.448 e. The number of carbonyl (C=O) groups excluding carboxylic acids is 1. The number of hydrazone groups is 1. The van der Waals surface area contributed by atoms with Crippen LogP contribution in [0.25, 0.3) is 11.1 Å². The van der Waals surface area contributed by atoms with Gasteiger partial charge in [-0.25, -0.2) is 4.39 Å². The molecular weight excluding hydrogens is 321 g/mol. The molecule has 5 nitrogen and oxygen atoms in total. The van der Waals surface area contributed by atoms with E-state index in [1.807, 2.05) is 30.3 Å². The Morgan fingerprint density at radius 2 is 2.00 bits per heavy atom. The molecule has 2 aromatic carbocycles. The molecule has 1 aliphatic heterocycles. The Kier molecular flexibility index (Phi) is 5.28. The van der Waals surface area contributed by atoms with Crippen molar-refractivity contribution in [2.24, 2.45) is 5.10 Å². The molecule has 1 unspecified atom stereocenters. The summed E-state index contributed by atoms with van der Waals surface area (Å²) in [5.41, 5.74) is 5.26. The first kappa shape index (κ1) is 17.0. The van der Waals surface area contributed by atoms with Crippen LogP contribution in [0.5, 0.6) is 0 Å². The minimum absolute atomic E-state index is 0.0711. The van der Waals surface area contributed by atoms with Crippen LogP contribution >= 0.6 is 0 Å². The van der Waals surface area contributed by atoms with Gasteiger partial charge in [-0.05, 0) is 37.0 Å². The number of ether oxygens (including phenoxy) is 1. The van der Waals surface area contributed by atoms with Gasteiger partial charge in [0.05, 0.1) is 0 Å². The summed E-state index contributed by atoms with van der Waals surface area (Å²) >= 11 is 0. The molecule has 1 aliphatic rings. The second-order valence-corrected chi connectivity index (χ2v) is 5.84. The van der Waals surface area contributed by atoms with Crippen LogP contribution in [-0.2, 0) is 16.0 Å². The van der Waals surface area contributed by atoms with Crippen molar-refractivity contribution in [2.75, 3.05) is 6.54 Å². The lowest BCUT2D eigenvalue weighted by molar-refractivity contribution is -0.116. The third-order valence-corrected chi connectivity index (χ3v) is 3.90. The first-order valence-corrected chi connectivity index (χ1v) is 8.25. The highest BCUT2D eigenvalue weighted by molar-refractivity contribution is 6.35. The number of nitrogens with one attached hydrogen (secondary N) is 2. The molecule has 0 saturated carbocycles. The van der Waals surface area contributed by atoms with Crippen molar-refractivity contribution < 1.29 is 13.9 Å². The van der Waals surface area contributed by atoms with E-state index in [-0.39, 0.29) is 23.9 Å². The van der Waals surface area contributed by atoms with Gasteiger partial charge in [-0.15, -0.1) is 5.10 Å². The van der Waals surface area contributed by atoms with Crippen molar-refractivity contribution in [2.45, 2.75) is 26.0 Å². The second kappa shape index (κ2) is 7.79. The van der Waals surface area contributed by atoms with Crippen LogP contribution in [0.4, 0.5) is 4.39 Å². The molecule has 0 aliphatic carbocycles. The van der Waals surface area contributed by atoms with E-state index in [1.165, 1.54) is 6.07 Å². The third kappa shape index (κ3) is 4.35. The van der Waals surface area contributed by atoms with Crippen LogP contribution < -0.4 is 10.7 Å². The van der Waals surface area contributed by atoms with E-state index in [0.717, 1.165) is 24.0 Å². The topological polar surface area (TPSA) is 62.7 Å². The molecule has 1 heterocycles. The van der Waals surface area contributed by atoms with Crippen LogP contribution in [0, 0.1) is 5.82 Å². The van der Waals surface area contributed by atoms with Gasteiger partial charge in [-0.3, -0.25) is 10.2 Å². The average Bonchev–Trinajstić information content (AvgIpc) is 3.06. The Labute approximate surface area is 145 Å². The fourth-order valence-corrected chi connectivity index (χ4v) is 2.59. The van der Waals surface area contributed by atoms with Gasteiger partial charge in [0.2, 0.25) is 0 Å². The Hall–Kier alpha value is -2.89. The molecule has 6 heteroatoms. The number of hydrogen-bond acceptors (Lipinski definition) is 4. The SMILES string of the molecule is CC1NN=C(C(=O)NCCCc2ccc(-c3ccccc3F)cc2)O1. The zero-order valence-corrected chi connectivity index (χ0v) is 14.0. The number of nitrogens with zero attached hydrogens (tertiary/aromatic N) is 1. The molecule has 0 bridgehead atoms. The summed E-state index contributed by atoms with van der Waals surface area (Å²) in [5, 5.41) is 6.58. The Bertz CT molecular complexity index is 774. The van der Waals surface area contributed by atoms with Crippen molar-refractivity contribution in [3.8, 4) is 11.1 Å². The number of carbonyl (C=O) groups is 1. The van der Waals surface area contributed by atoms with Crippen LogP contribution in [0.15, 0.2) is 53.6 Å². The summed E-state index contributed by atoms with van der Waals surface area (Å²) in [6.45, 7) is 2.30. The highest BCUT2D eigenvalue weighted by Gasteiger charge is 2.21. The van der Waals surface area contributed by atoms with Gasteiger partial charge >= 0.3 is 5.91 Å². The summed E-state index contributed by atoms with van der Waals surface area (Å²) in [5.74, 6) is -0.465. The number of halogens is 1. The average molecular weight is 341 g/mol. The third-order valence-electron chi connectivity index (χ3n) is 3.90. The zero-order chi connectivity index (χ0) is 17.6. The van der Waals surface area contributed by atoms with Crippen molar-refractivity contribution in [3.63, 3.8) is 0 Å². The molecule has 0 radical (unpaired) electrons. The van der Waals surface area contributed by atoms with E-state index in [2.05, 4.69) is 15.8 Å². The lowest BCUT2D eigenvalue weighted by Gasteiger charge is -2.07. The van der Waals surface area contributed by atoms with E-state index in [9.17, 15) is 9.18 Å². The summed E-state index contributed by atoms with van der Waals surface area (Å²) in [6.07, 6.45) is 1.34. The molecule has 130 valence electrons. The molecule has 0 fully saturated rings. The normalized spacial score (nSPS) is 15.9. The smallest absolute Gasteiger partial charge is 0.308 e. The van der Waals surface area contributed by atoms with Crippen molar-refractivity contribution in [1.29, 1.82) is 0 Å². The molecule has 1 atom stereocenters. The summed E-state index contributed by atoms with van der Waals surface area (Å²) in [7, 11) is 0. The second-order valence-electron chi connectivity index (χ2n) is 5.84. The summed E-state index contributed by atoms with van der Waals surface area (Å²) in [4.78, 5) is 11.8. The molecular formula is C19H20FN3O2. The van der Waals surface area contributed by atoms with Crippen molar-refractivity contribution >= 4 is 11.8 Å². The molecule has 25 heavy (non-hydrogen) atoms. The minimum atomic E-state index is -0.313. The fourth-order valence-electron chi connectivity index (χ4n) is 2.59. The fraction of sp³-hybridized carbons (Fsp3) is 0.263. The molecule has 2 aromatic rings. The van der Waals surface area contributed by atoms with Gasteiger partial charge in [0, 0.05) is 12.1 Å². The maximum atomic E-state index is 13.8. The monoisotopic (exact) mass is 341 g/mol. The van der Waals surface area contributed by atoms with Gasteiger partial charge in [0.1, 0.15) is 5.82 Å². The van der Waals surface area contributed by atoms with Gasteiger partial charge < -0.3 is 10.1 Å². The van der Waals surface area contributed by atoms with Crippen LogP contribution in [0.1, 0.15) is 18.9 Å². The predicted octanol–water partition coefficient (Wildman–Crippen LogP) is 2.82. The van der Waals surface area contributed by atoms with Crippen molar-refractivity contribution in [3.05, 3.63) is 59.9 Å². The molecule has 2 N–H and O–H groups in total. The first-order valence-electron chi connectivity index (χ1n) is 8.25. The summed E-state index contributed by atoms with van der Waals surface area (Å²) in [6, 6.07) is 14.5. The van der Waals surface area contributed by atoms with Gasteiger partial charge in [-0.1, -0.05) is 42.5 Å². The Balaban J connectivity index is 1.46. The van der Waals surface area contributed by atoms with Gasteiger partial charge in [-0.2, -0.15) is 0 Å². The van der Waals surface area contributed by atoms with E-state index in [1.54, 1.807) is 19.1 Å². The maximum absolute atomic E-state index is 13.8. The van der Waals surface area contributed by atoms with E-state index < -0.39 is 0 Å². The van der Waals surface area contributed by atoms with E-state index >= 15 is 0 Å². The van der Waals surface area contributed by atoms with Crippen molar-refractivity contribution in [1.82, 2.24) is 10.7 Å². The molecule has 3 rings (SSSR count). The van der Waals surface area contributed by atoms with Crippen LogP contribution in [-0.4, -0.2) is 24.6 Å². The van der Waals surface area contributed by atoms with E-state index in [0.29, 0.717) is 12.1 Å². The molecule has 0 aromatic heterocycles. The van der Waals surface area contributed by atoms with Gasteiger partial charge in [0.25, 0.3) is 5.90 Å². The highest BCUT2D eigenvalue weighted by atomic mass is 19.1. The molecule has 0 saturated heterocycles. The number of aryl methyl sites for hydroxylation is 1. The Morgan fingerprint density at radius 3 is 2.68 bits per heavy atom. The molecule has 1 amide bonds. The highest BCUT2D eigenvalue weighted by Crippen LogP contribution is 2.22. The predicted molar refractivity (Wildman–Crippen MR) is 94.3 cm³/mol. The number of benzene rings is 2. The van der Waals surface area contributed by atoms with Gasteiger partial charge in [0.15, 0.2) is 6.23 Å². The maximum Gasteiger partial charge on any atom is 0.308 e.